The summed E-state index contributed by atoms with van der Waals surface area (Å²) in [7, 11) is 0. The molecule has 102 valence electrons. The normalized spacial score (nSPS) is 12.7. The minimum absolute atomic E-state index is 0.0439. The van der Waals surface area contributed by atoms with E-state index >= 15 is 0 Å². The van der Waals surface area contributed by atoms with Crippen molar-refractivity contribution in [1.29, 1.82) is 0 Å². The molecule has 1 heterocycles. The number of nitrogens with zero attached hydrogens (tertiary/aromatic N) is 3. The van der Waals surface area contributed by atoms with Crippen LogP contribution in [0.3, 0.4) is 0 Å². The third kappa shape index (κ3) is 2.62. The van der Waals surface area contributed by atoms with E-state index in [1.165, 1.54) is 18.5 Å². The van der Waals surface area contributed by atoms with Crippen molar-refractivity contribution in [3.63, 3.8) is 0 Å². The maximum atomic E-state index is 13.0. The van der Waals surface area contributed by atoms with Gasteiger partial charge >= 0.3 is 6.18 Å². The van der Waals surface area contributed by atoms with Crippen LogP contribution < -0.4 is 0 Å². The molecule has 0 aliphatic carbocycles. The predicted molar refractivity (Wildman–Crippen MR) is 65.5 cm³/mol. The number of hydrogen-bond acceptors (Lipinski definition) is 2. The molecule has 6 heteroatoms. The first-order valence-corrected chi connectivity index (χ1v) is 5.78. The van der Waals surface area contributed by atoms with Gasteiger partial charge in [-0.3, -0.25) is 0 Å². The third-order valence-electron chi connectivity index (χ3n) is 2.74. The molecule has 0 unspecified atom stereocenters. The van der Waals surface area contributed by atoms with E-state index in [4.69, 9.17) is 0 Å². The molecule has 0 amide bonds. The smallest absolute Gasteiger partial charge is 0.308 e. The molecule has 0 bridgehead atoms. The fraction of sp³-hybridized carbons (Fsp3) is 0.385. The molecule has 0 spiro atoms. The number of halogens is 3. The Bertz CT molecular complexity index is 579. The molecule has 0 atom stereocenters. The van der Waals surface area contributed by atoms with Gasteiger partial charge in [0.1, 0.15) is 6.33 Å². The highest BCUT2D eigenvalue weighted by Crippen LogP contribution is 2.37. The van der Waals surface area contributed by atoms with Crippen LogP contribution >= 0.6 is 0 Å². The van der Waals surface area contributed by atoms with E-state index in [9.17, 15) is 13.2 Å². The van der Waals surface area contributed by atoms with Crippen LogP contribution in [-0.4, -0.2) is 14.8 Å². The van der Waals surface area contributed by atoms with E-state index in [0.717, 1.165) is 6.07 Å². The first-order valence-electron chi connectivity index (χ1n) is 5.78. The summed E-state index contributed by atoms with van der Waals surface area (Å²) in [5.41, 5.74) is -1.05. The highest BCUT2D eigenvalue weighted by Gasteiger charge is 2.35. The number of benzene rings is 1. The molecule has 0 aliphatic heterocycles. The first kappa shape index (κ1) is 13.6. The fourth-order valence-corrected chi connectivity index (χ4v) is 1.83. The lowest BCUT2D eigenvalue weighted by atomic mass is 10.0. The molecular formula is C13H14F3N3. The van der Waals surface area contributed by atoms with Gasteiger partial charge in [-0.25, -0.2) is 0 Å². The number of alkyl halides is 3. The van der Waals surface area contributed by atoms with Gasteiger partial charge in [-0.1, -0.05) is 18.2 Å². The predicted octanol–water partition coefficient (Wildman–Crippen LogP) is 3.72. The number of hydrogen-bond donors (Lipinski definition) is 0. The van der Waals surface area contributed by atoms with Crippen LogP contribution in [0.25, 0.3) is 11.4 Å². The monoisotopic (exact) mass is 269 g/mol. The van der Waals surface area contributed by atoms with E-state index < -0.39 is 17.3 Å². The van der Waals surface area contributed by atoms with E-state index in [0.29, 0.717) is 0 Å². The molecule has 0 radical (unpaired) electrons. The highest BCUT2D eigenvalue weighted by molar-refractivity contribution is 5.61. The molecule has 0 N–H and O–H groups in total. The first-order chi connectivity index (χ1) is 8.71. The zero-order valence-corrected chi connectivity index (χ0v) is 10.9. The summed E-state index contributed by atoms with van der Waals surface area (Å²) < 4.78 is 40.7. The van der Waals surface area contributed by atoms with Gasteiger partial charge in [-0.2, -0.15) is 13.2 Å². The van der Waals surface area contributed by atoms with Crippen molar-refractivity contribution in [2.45, 2.75) is 32.5 Å². The van der Waals surface area contributed by atoms with E-state index in [1.807, 2.05) is 20.8 Å². The van der Waals surface area contributed by atoms with Gasteiger partial charge in [0, 0.05) is 11.1 Å². The van der Waals surface area contributed by atoms with Gasteiger partial charge in [0.15, 0.2) is 5.82 Å². The summed E-state index contributed by atoms with van der Waals surface area (Å²) in [6, 6.07) is 5.39. The zero-order chi connectivity index (χ0) is 14.3. The lowest BCUT2D eigenvalue weighted by Crippen LogP contribution is -2.22. The second kappa shape index (κ2) is 4.36. The Balaban J connectivity index is 2.65. The molecule has 0 fully saturated rings. The lowest BCUT2D eigenvalue weighted by molar-refractivity contribution is -0.137. The average molecular weight is 269 g/mol. The van der Waals surface area contributed by atoms with Crippen LogP contribution in [0.15, 0.2) is 30.6 Å². The highest BCUT2D eigenvalue weighted by atomic mass is 19.4. The fourth-order valence-electron chi connectivity index (χ4n) is 1.83. The Morgan fingerprint density at radius 1 is 1.05 bits per heavy atom. The largest absolute Gasteiger partial charge is 0.417 e. The Morgan fingerprint density at radius 2 is 1.68 bits per heavy atom. The van der Waals surface area contributed by atoms with E-state index in [-0.39, 0.29) is 11.4 Å². The zero-order valence-electron chi connectivity index (χ0n) is 10.9. The summed E-state index contributed by atoms with van der Waals surface area (Å²) in [4.78, 5) is 0. The summed E-state index contributed by atoms with van der Waals surface area (Å²) in [5, 5.41) is 7.57. The number of aromatic nitrogens is 3. The Hall–Kier alpha value is -1.85. The lowest BCUT2D eigenvalue weighted by Gasteiger charge is -2.23. The van der Waals surface area contributed by atoms with Crippen molar-refractivity contribution in [2.24, 2.45) is 0 Å². The second-order valence-electron chi connectivity index (χ2n) is 5.24. The SMILES string of the molecule is CC(C)(C)n1cnnc1-c1ccccc1C(F)(F)F. The van der Waals surface area contributed by atoms with Gasteiger partial charge in [0.2, 0.25) is 0 Å². The molecule has 0 saturated carbocycles. The summed E-state index contributed by atoms with van der Waals surface area (Å²) >= 11 is 0. The minimum atomic E-state index is -4.41. The topological polar surface area (TPSA) is 30.7 Å². The van der Waals surface area contributed by atoms with Crippen molar-refractivity contribution in [2.75, 3.05) is 0 Å². The van der Waals surface area contributed by atoms with Crippen molar-refractivity contribution < 1.29 is 13.2 Å². The van der Waals surface area contributed by atoms with Crippen LogP contribution in [-0.2, 0) is 11.7 Å². The molecule has 0 aliphatic rings. The average Bonchev–Trinajstić information content (AvgIpc) is 2.76. The van der Waals surface area contributed by atoms with Crippen LogP contribution in [0.1, 0.15) is 26.3 Å². The molecule has 2 rings (SSSR count). The van der Waals surface area contributed by atoms with Crippen LogP contribution in [0.5, 0.6) is 0 Å². The van der Waals surface area contributed by atoms with E-state index in [2.05, 4.69) is 10.2 Å². The molecule has 1 aromatic heterocycles. The van der Waals surface area contributed by atoms with Crippen molar-refractivity contribution in [1.82, 2.24) is 14.8 Å². The van der Waals surface area contributed by atoms with Gasteiger partial charge in [0.25, 0.3) is 0 Å². The van der Waals surface area contributed by atoms with Gasteiger partial charge in [-0.15, -0.1) is 10.2 Å². The standard InChI is InChI=1S/C13H14F3N3/c1-12(2,3)19-8-17-18-11(19)9-6-4-5-7-10(9)13(14,15)16/h4-8H,1-3H3. The Kier molecular flexibility index (Phi) is 3.12. The Labute approximate surface area is 109 Å². The summed E-state index contributed by atoms with van der Waals surface area (Å²) in [6.45, 7) is 5.65. The van der Waals surface area contributed by atoms with Gasteiger partial charge < -0.3 is 4.57 Å². The maximum absolute atomic E-state index is 13.0. The van der Waals surface area contributed by atoms with Gasteiger partial charge in [0.05, 0.1) is 5.56 Å². The van der Waals surface area contributed by atoms with Gasteiger partial charge in [-0.05, 0) is 26.8 Å². The minimum Gasteiger partial charge on any atom is -0.308 e. The van der Waals surface area contributed by atoms with Crippen LogP contribution in [0.4, 0.5) is 13.2 Å². The maximum Gasteiger partial charge on any atom is 0.417 e. The third-order valence-corrected chi connectivity index (χ3v) is 2.74. The Morgan fingerprint density at radius 3 is 2.26 bits per heavy atom. The van der Waals surface area contributed by atoms with Crippen molar-refractivity contribution in [3.8, 4) is 11.4 Å². The molecule has 3 nitrogen and oxygen atoms in total. The summed E-state index contributed by atoms with van der Waals surface area (Å²) in [5.74, 6) is 0.223. The molecule has 19 heavy (non-hydrogen) atoms. The van der Waals surface area contributed by atoms with E-state index in [1.54, 1.807) is 10.6 Å². The van der Waals surface area contributed by atoms with Crippen molar-refractivity contribution in [3.05, 3.63) is 36.2 Å². The van der Waals surface area contributed by atoms with Crippen molar-refractivity contribution >= 4 is 0 Å². The molecule has 1 aromatic carbocycles. The molecular weight excluding hydrogens is 255 g/mol. The molecule has 2 aromatic rings. The second-order valence-corrected chi connectivity index (χ2v) is 5.24. The molecule has 0 saturated heterocycles. The quantitative estimate of drug-likeness (QED) is 0.790. The van der Waals surface area contributed by atoms with Crippen LogP contribution in [0.2, 0.25) is 0 Å². The number of rotatable bonds is 1. The van der Waals surface area contributed by atoms with Crippen LogP contribution in [0, 0.1) is 0 Å². The summed E-state index contributed by atoms with van der Waals surface area (Å²) in [6.07, 6.45) is -2.96.